The summed E-state index contributed by atoms with van der Waals surface area (Å²) >= 11 is 6.56. The van der Waals surface area contributed by atoms with Crippen molar-refractivity contribution in [2.75, 3.05) is 23.8 Å². The Morgan fingerprint density at radius 2 is 2.05 bits per heavy atom. The first-order chi connectivity index (χ1) is 20.7. The second kappa shape index (κ2) is 13.6. The average molecular weight is 616 g/mol. The number of hydrogen-bond acceptors (Lipinski definition) is 7. The molecule has 3 heterocycles. The van der Waals surface area contributed by atoms with Crippen LogP contribution < -0.4 is 16.0 Å². The Balaban J connectivity index is 1.41. The van der Waals surface area contributed by atoms with Crippen molar-refractivity contribution in [1.82, 2.24) is 15.3 Å². The van der Waals surface area contributed by atoms with E-state index in [1.54, 1.807) is 30.4 Å². The molecule has 2 aliphatic rings. The van der Waals surface area contributed by atoms with Gasteiger partial charge < -0.3 is 35.5 Å². The lowest BCUT2D eigenvalue weighted by molar-refractivity contribution is -0.116. The Labute approximate surface area is 251 Å². The Hall–Kier alpha value is -3.84. The summed E-state index contributed by atoms with van der Waals surface area (Å²) < 4.78 is 40.0. The maximum Gasteiger partial charge on any atom is 0.257 e. The molecule has 0 radical (unpaired) electrons. The van der Waals surface area contributed by atoms with Crippen molar-refractivity contribution < 1.29 is 33.0 Å². The number of nitrogens with one attached hydrogen (secondary N) is 4. The Morgan fingerprint density at radius 1 is 1.26 bits per heavy atom. The molecule has 2 aliphatic heterocycles. The fourth-order valence-electron chi connectivity index (χ4n) is 4.98. The molecule has 43 heavy (non-hydrogen) atoms. The molecule has 2 amide bonds. The van der Waals surface area contributed by atoms with E-state index in [0.717, 1.165) is 25.0 Å². The van der Waals surface area contributed by atoms with Gasteiger partial charge in [0.25, 0.3) is 5.91 Å². The minimum atomic E-state index is -1.31. The number of halogens is 3. The minimum Gasteiger partial charge on any atom is -0.376 e. The number of anilines is 2. The van der Waals surface area contributed by atoms with Gasteiger partial charge in [-0.3, -0.25) is 9.59 Å². The van der Waals surface area contributed by atoms with Gasteiger partial charge in [0.15, 0.2) is 0 Å². The van der Waals surface area contributed by atoms with Gasteiger partial charge in [-0.1, -0.05) is 23.8 Å². The lowest BCUT2D eigenvalue weighted by Crippen LogP contribution is -2.30. The third-order valence-corrected chi connectivity index (χ3v) is 7.38. The standard InChI is InChI=1S/C30H32ClF2N5O5/c1-16-12-20(32)25(21(33)13-16)29(40)36-22-7-3-2-4-8-24(39)35-23-14-17(34-30(41)43-15-18-6-5-11-42-18)9-10-19(23)26-27(31)38-28(22)37-26/h2-3,9-10,12-14,18,22,30,34,41H,4-8,11,15H2,1H3,(H,35,39)(H,36,40)(H,37,38)/b3-2+/t18-,22+,30?/m1/s1. The van der Waals surface area contributed by atoms with E-state index in [4.69, 9.17) is 21.1 Å². The number of aryl methyl sites for hydroxylation is 1. The zero-order chi connectivity index (χ0) is 30.5. The number of aliphatic hydroxyl groups is 1. The van der Waals surface area contributed by atoms with Crippen LogP contribution in [0.15, 0.2) is 42.5 Å². The maximum atomic E-state index is 14.5. The molecule has 2 bridgehead atoms. The number of aliphatic hydroxyl groups excluding tert-OH is 1. The molecule has 228 valence electrons. The van der Waals surface area contributed by atoms with E-state index in [1.807, 2.05) is 0 Å². The number of carbonyl (C=O) groups is 2. The number of aromatic nitrogens is 2. The van der Waals surface area contributed by atoms with Crippen LogP contribution >= 0.6 is 11.6 Å². The predicted molar refractivity (Wildman–Crippen MR) is 157 cm³/mol. The number of fused-ring (bicyclic) bond motifs is 4. The van der Waals surface area contributed by atoms with Crippen molar-refractivity contribution in [1.29, 1.82) is 0 Å². The topological polar surface area (TPSA) is 138 Å². The van der Waals surface area contributed by atoms with Crippen LogP contribution in [-0.4, -0.2) is 52.6 Å². The van der Waals surface area contributed by atoms with Gasteiger partial charge in [0.05, 0.1) is 24.4 Å². The highest BCUT2D eigenvalue weighted by molar-refractivity contribution is 6.32. The van der Waals surface area contributed by atoms with Crippen LogP contribution in [0.1, 0.15) is 59.9 Å². The van der Waals surface area contributed by atoms with E-state index < -0.39 is 35.6 Å². The summed E-state index contributed by atoms with van der Waals surface area (Å²) in [5.41, 5.74) is 1.23. The highest BCUT2D eigenvalue weighted by Crippen LogP contribution is 2.36. The summed E-state index contributed by atoms with van der Waals surface area (Å²) in [6.45, 7) is 2.43. The first-order valence-electron chi connectivity index (χ1n) is 14.0. The summed E-state index contributed by atoms with van der Waals surface area (Å²) in [6, 6.07) is 6.30. The number of nitrogens with zero attached hydrogens (tertiary/aromatic N) is 1. The molecule has 5 N–H and O–H groups in total. The maximum absolute atomic E-state index is 14.5. The van der Waals surface area contributed by atoms with Crippen molar-refractivity contribution in [2.24, 2.45) is 0 Å². The summed E-state index contributed by atoms with van der Waals surface area (Å²) in [5.74, 6) is -2.90. The van der Waals surface area contributed by atoms with Crippen molar-refractivity contribution >= 4 is 34.8 Å². The lowest BCUT2D eigenvalue weighted by Gasteiger charge is -2.19. The fraction of sp³-hybridized carbons (Fsp3) is 0.367. The molecule has 0 saturated carbocycles. The van der Waals surface area contributed by atoms with Crippen molar-refractivity contribution in [3.63, 3.8) is 0 Å². The molecule has 13 heteroatoms. The number of aromatic amines is 1. The zero-order valence-electron chi connectivity index (χ0n) is 23.4. The molecule has 1 saturated heterocycles. The van der Waals surface area contributed by atoms with Gasteiger partial charge in [-0.05, 0) is 68.5 Å². The molecule has 2 aromatic carbocycles. The van der Waals surface area contributed by atoms with Crippen molar-refractivity contribution in [2.45, 2.75) is 57.6 Å². The summed E-state index contributed by atoms with van der Waals surface area (Å²) in [7, 11) is 0. The van der Waals surface area contributed by atoms with Crippen LogP contribution in [0.25, 0.3) is 11.3 Å². The normalized spacial score (nSPS) is 20.2. The smallest absolute Gasteiger partial charge is 0.257 e. The van der Waals surface area contributed by atoms with Crippen molar-refractivity contribution in [3.8, 4) is 11.3 Å². The van der Waals surface area contributed by atoms with E-state index in [0.29, 0.717) is 35.5 Å². The Morgan fingerprint density at radius 3 is 2.79 bits per heavy atom. The number of carbonyl (C=O) groups excluding carboxylic acids is 2. The van der Waals surface area contributed by atoms with Gasteiger partial charge in [-0.15, -0.1) is 0 Å². The largest absolute Gasteiger partial charge is 0.376 e. The first kappa shape index (κ1) is 30.6. The number of ether oxygens (including phenoxy) is 2. The van der Waals surface area contributed by atoms with Gasteiger partial charge in [0.2, 0.25) is 12.3 Å². The van der Waals surface area contributed by atoms with E-state index in [2.05, 4.69) is 25.9 Å². The molecule has 1 unspecified atom stereocenters. The van der Waals surface area contributed by atoms with Crippen LogP contribution in [0.5, 0.6) is 0 Å². The van der Waals surface area contributed by atoms with Gasteiger partial charge >= 0.3 is 0 Å². The molecule has 3 aromatic rings. The highest BCUT2D eigenvalue weighted by atomic mass is 35.5. The van der Waals surface area contributed by atoms with Crippen LogP contribution in [0.2, 0.25) is 5.15 Å². The Bertz CT molecular complexity index is 1500. The SMILES string of the molecule is Cc1cc(F)c(C(=O)N[C@H]2C/C=C/CCC(=O)Nc3cc(NC(O)OC[C@H]4CCCO4)ccc3-c3nc2[nH]c3Cl)c(F)c1. The molecule has 1 fully saturated rings. The van der Waals surface area contributed by atoms with Crippen LogP contribution in [0.4, 0.5) is 20.2 Å². The fourth-order valence-corrected chi connectivity index (χ4v) is 5.22. The number of rotatable bonds is 7. The molecule has 5 rings (SSSR count). The molecule has 0 aliphatic carbocycles. The highest BCUT2D eigenvalue weighted by Gasteiger charge is 2.26. The summed E-state index contributed by atoms with van der Waals surface area (Å²) in [6.07, 6.45) is 4.74. The van der Waals surface area contributed by atoms with E-state index >= 15 is 0 Å². The number of H-pyrrole nitrogens is 1. The summed E-state index contributed by atoms with van der Waals surface area (Å²) in [5, 5.41) is 18.9. The number of hydrogen-bond donors (Lipinski definition) is 5. The van der Waals surface area contributed by atoms with Crippen LogP contribution in [-0.2, 0) is 14.3 Å². The quantitative estimate of drug-likeness (QED) is 0.178. The first-order valence-corrected chi connectivity index (χ1v) is 14.3. The minimum absolute atomic E-state index is 0.0649. The predicted octanol–water partition coefficient (Wildman–Crippen LogP) is 5.35. The molecule has 0 spiro atoms. The Kier molecular flexibility index (Phi) is 9.71. The molecular weight excluding hydrogens is 584 g/mol. The number of benzene rings is 2. The molecular formula is C30H32ClF2N5O5. The molecule has 3 atom stereocenters. The van der Waals surface area contributed by atoms with Gasteiger partial charge in [-0.2, -0.15) is 0 Å². The van der Waals surface area contributed by atoms with Gasteiger partial charge in [0, 0.05) is 24.3 Å². The number of amides is 2. The number of allylic oxidation sites excluding steroid dienone is 1. The second-order valence-electron chi connectivity index (χ2n) is 10.4. The van der Waals surface area contributed by atoms with Gasteiger partial charge in [0.1, 0.15) is 33.9 Å². The number of imidazole rings is 1. The van der Waals surface area contributed by atoms with Crippen molar-refractivity contribution in [3.05, 3.63) is 76.2 Å². The third-order valence-electron chi connectivity index (χ3n) is 7.11. The molecule has 1 aromatic heterocycles. The third kappa shape index (κ3) is 7.57. The monoisotopic (exact) mass is 615 g/mol. The van der Waals surface area contributed by atoms with E-state index in [-0.39, 0.29) is 48.1 Å². The average Bonchev–Trinajstić information content (AvgIpc) is 3.60. The summed E-state index contributed by atoms with van der Waals surface area (Å²) in [4.78, 5) is 33.3. The lowest BCUT2D eigenvalue weighted by atomic mass is 10.1. The van der Waals surface area contributed by atoms with E-state index in [9.17, 15) is 23.5 Å². The second-order valence-corrected chi connectivity index (χ2v) is 10.8. The van der Waals surface area contributed by atoms with Crippen LogP contribution in [0, 0.1) is 18.6 Å². The van der Waals surface area contributed by atoms with Crippen LogP contribution in [0.3, 0.4) is 0 Å². The van der Waals surface area contributed by atoms with E-state index in [1.165, 1.54) is 6.92 Å². The van der Waals surface area contributed by atoms with Gasteiger partial charge in [-0.25, -0.2) is 13.8 Å². The zero-order valence-corrected chi connectivity index (χ0v) is 24.1. The molecule has 10 nitrogen and oxygen atoms in total.